The van der Waals surface area contributed by atoms with Crippen LogP contribution in [0.25, 0.3) is 0 Å². The number of aliphatic hydroxyl groups excluding tert-OH is 1. The van der Waals surface area contributed by atoms with Crippen molar-refractivity contribution in [3.05, 3.63) is 14.7 Å². The zero-order valence-corrected chi connectivity index (χ0v) is 14.0. The fourth-order valence-electron chi connectivity index (χ4n) is 2.48. The molecule has 0 saturated carbocycles. The van der Waals surface area contributed by atoms with Crippen LogP contribution in [0.4, 0.5) is 0 Å². The third-order valence-electron chi connectivity index (χ3n) is 3.49. The van der Waals surface area contributed by atoms with Gasteiger partial charge in [-0.25, -0.2) is 8.42 Å². The van der Waals surface area contributed by atoms with Crippen molar-refractivity contribution in [2.75, 3.05) is 6.54 Å². The minimum absolute atomic E-state index is 0.100. The summed E-state index contributed by atoms with van der Waals surface area (Å²) >= 11 is 4.58. The summed E-state index contributed by atoms with van der Waals surface area (Å²) in [5, 5.41) is 9.13. The third kappa shape index (κ3) is 3.05. The highest BCUT2D eigenvalue weighted by molar-refractivity contribution is 9.11. The zero-order chi connectivity index (χ0) is 14.0. The molecule has 1 aliphatic rings. The van der Waals surface area contributed by atoms with Crippen LogP contribution in [-0.4, -0.2) is 30.4 Å². The summed E-state index contributed by atoms with van der Waals surface area (Å²) in [7, 11) is -3.46. The standard InChI is InChI=1S/C12H18BrNO3S2/c1-2-9-5-3-4-6-14(9)19(16,17)11-7-10(8-15)18-12(11)13/h7,9,15H,2-6,8H2,1H3. The van der Waals surface area contributed by atoms with E-state index in [0.29, 0.717) is 20.1 Å². The third-order valence-corrected chi connectivity index (χ3v) is 7.68. The fourth-order valence-corrected chi connectivity index (χ4v) is 6.74. The second kappa shape index (κ2) is 6.22. The first kappa shape index (κ1) is 15.4. The van der Waals surface area contributed by atoms with Crippen molar-refractivity contribution < 1.29 is 13.5 Å². The van der Waals surface area contributed by atoms with Crippen molar-refractivity contribution in [3.63, 3.8) is 0 Å². The van der Waals surface area contributed by atoms with Crippen LogP contribution in [-0.2, 0) is 16.6 Å². The Balaban J connectivity index is 2.37. The highest BCUT2D eigenvalue weighted by Crippen LogP contribution is 2.36. The van der Waals surface area contributed by atoms with E-state index in [2.05, 4.69) is 15.9 Å². The summed E-state index contributed by atoms with van der Waals surface area (Å²) in [4.78, 5) is 0.956. The average Bonchev–Trinajstić information content (AvgIpc) is 2.80. The number of hydrogen-bond donors (Lipinski definition) is 1. The summed E-state index contributed by atoms with van der Waals surface area (Å²) in [5.74, 6) is 0. The van der Waals surface area contributed by atoms with Crippen molar-refractivity contribution in [1.29, 1.82) is 0 Å². The first-order chi connectivity index (χ1) is 9.00. The summed E-state index contributed by atoms with van der Waals surface area (Å²) < 4.78 is 27.7. The maximum Gasteiger partial charge on any atom is 0.245 e. The molecule has 0 bridgehead atoms. The SMILES string of the molecule is CCC1CCCCN1S(=O)(=O)c1cc(CO)sc1Br. The van der Waals surface area contributed by atoms with E-state index in [1.54, 1.807) is 10.4 Å². The van der Waals surface area contributed by atoms with Gasteiger partial charge in [-0.05, 0) is 41.3 Å². The van der Waals surface area contributed by atoms with Gasteiger partial charge in [0.2, 0.25) is 10.0 Å². The molecule has 1 fully saturated rings. The molecule has 1 aromatic heterocycles. The van der Waals surface area contributed by atoms with E-state index in [-0.39, 0.29) is 12.6 Å². The highest BCUT2D eigenvalue weighted by Gasteiger charge is 2.34. The Morgan fingerprint density at radius 1 is 1.53 bits per heavy atom. The van der Waals surface area contributed by atoms with Crippen molar-refractivity contribution >= 4 is 37.3 Å². The average molecular weight is 368 g/mol. The van der Waals surface area contributed by atoms with E-state index >= 15 is 0 Å². The van der Waals surface area contributed by atoms with E-state index < -0.39 is 10.0 Å². The van der Waals surface area contributed by atoms with Crippen LogP contribution in [0, 0.1) is 0 Å². The van der Waals surface area contributed by atoms with E-state index in [9.17, 15) is 8.42 Å². The maximum absolute atomic E-state index is 12.7. The molecule has 0 aliphatic carbocycles. The molecular formula is C12H18BrNO3S2. The molecule has 0 aromatic carbocycles. The van der Waals surface area contributed by atoms with Gasteiger partial charge in [-0.15, -0.1) is 11.3 Å². The minimum atomic E-state index is -3.46. The Hall–Kier alpha value is 0.0500. The quantitative estimate of drug-likeness (QED) is 0.889. The zero-order valence-electron chi connectivity index (χ0n) is 10.8. The van der Waals surface area contributed by atoms with Crippen molar-refractivity contribution in [1.82, 2.24) is 4.31 Å². The number of sulfonamides is 1. The Morgan fingerprint density at radius 3 is 2.84 bits per heavy atom. The van der Waals surface area contributed by atoms with Gasteiger partial charge >= 0.3 is 0 Å². The molecule has 7 heteroatoms. The summed E-state index contributed by atoms with van der Waals surface area (Å²) in [6.45, 7) is 2.49. The van der Waals surface area contributed by atoms with Gasteiger partial charge in [0, 0.05) is 17.5 Å². The van der Waals surface area contributed by atoms with Crippen LogP contribution < -0.4 is 0 Å². The van der Waals surface area contributed by atoms with Crippen LogP contribution in [0.15, 0.2) is 14.7 Å². The maximum atomic E-state index is 12.7. The van der Waals surface area contributed by atoms with E-state index in [0.717, 1.165) is 25.7 Å². The summed E-state index contributed by atoms with van der Waals surface area (Å²) in [6.07, 6.45) is 3.79. The molecule has 0 radical (unpaired) electrons. The Bertz CT molecular complexity index is 541. The van der Waals surface area contributed by atoms with Gasteiger partial charge in [0.1, 0.15) is 4.90 Å². The summed E-state index contributed by atoms with van der Waals surface area (Å²) in [6, 6.07) is 1.67. The van der Waals surface area contributed by atoms with Gasteiger partial charge in [0.15, 0.2) is 0 Å². The lowest BCUT2D eigenvalue weighted by Gasteiger charge is -2.33. The predicted octanol–water partition coefficient (Wildman–Crippen LogP) is 2.96. The van der Waals surface area contributed by atoms with Crippen LogP contribution in [0.2, 0.25) is 0 Å². The molecule has 1 saturated heterocycles. The Morgan fingerprint density at radius 2 is 2.26 bits per heavy atom. The molecule has 19 heavy (non-hydrogen) atoms. The molecule has 1 aliphatic heterocycles. The van der Waals surface area contributed by atoms with Crippen LogP contribution >= 0.6 is 27.3 Å². The van der Waals surface area contributed by atoms with Crippen LogP contribution in [0.1, 0.15) is 37.5 Å². The molecule has 2 rings (SSSR count). The first-order valence-corrected chi connectivity index (χ1v) is 9.46. The van der Waals surface area contributed by atoms with Gasteiger partial charge in [-0.3, -0.25) is 0 Å². The van der Waals surface area contributed by atoms with Crippen molar-refractivity contribution in [2.45, 2.75) is 50.2 Å². The van der Waals surface area contributed by atoms with Crippen molar-refractivity contribution in [2.24, 2.45) is 0 Å². The lowest BCUT2D eigenvalue weighted by Crippen LogP contribution is -2.43. The Kier molecular flexibility index (Phi) is 5.05. The molecule has 108 valence electrons. The predicted molar refractivity (Wildman–Crippen MR) is 79.8 cm³/mol. The molecule has 0 spiro atoms. The smallest absolute Gasteiger partial charge is 0.245 e. The first-order valence-electron chi connectivity index (χ1n) is 6.41. The molecule has 1 N–H and O–H groups in total. The molecule has 2 heterocycles. The number of thiophene rings is 1. The van der Waals surface area contributed by atoms with Gasteiger partial charge < -0.3 is 5.11 Å². The lowest BCUT2D eigenvalue weighted by atomic mass is 10.0. The van der Waals surface area contributed by atoms with E-state index in [4.69, 9.17) is 5.11 Å². The number of nitrogens with zero attached hydrogens (tertiary/aromatic N) is 1. The number of halogens is 1. The molecular weight excluding hydrogens is 350 g/mol. The fraction of sp³-hybridized carbons (Fsp3) is 0.667. The number of aliphatic hydroxyl groups is 1. The topological polar surface area (TPSA) is 57.6 Å². The largest absolute Gasteiger partial charge is 0.391 e. The van der Waals surface area contributed by atoms with Crippen molar-refractivity contribution in [3.8, 4) is 0 Å². The Labute approximate surface area is 126 Å². The minimum Gasteiger partial charge on any atom is -0.391 e. The molecule has 4 nitrogen and oxygen atoms in total. The molecule has 1 atom stereocenters. The van der Waals surface area contributed by atoms with E-state index in [1.165, 1.54) is 11.3 Å². The number of piperidine rings is 1. The van der Waals surface area contributed by atoms with Crippen LogP contribution in [0.5, 0.6) is 0 Å². The van der Waals surface area contributed by atoms with Gasteiger partial charge in [0.25, 0.3) is 0 Å². The monoisotopic (exact) mass is 367 g/mol. The van der Waals surface area contributed by atoms with Gasteiger partial charge in [-0.2, -0.15) is 4.31 Å². The molecule has 1 aromatic rings. The van der Waals surface area contributed by atoms with Gasteiger partial charge in [0.05, 0.1) is 10.4 Å². The molecule has 1 unspecified atom stereocenters. The summed E-state index contributed by atoms with van der Waals surface area (Å²) in [5.41, 5.74) is 0. The normalized spacial score (nSPS) is 21.7. The number of hydrogen-bond acceptors (Lipinski definition) is 4. The highest BCUT2D eigenvalue weighted by atomic mass is 79.9. The molecule has 0 amide bonds. The lowest BCUT2D eigenvalue weighted by molar-refractivity contribution is 0.246. The van der Waals surface area contributed by atoms with Gasteiger partial charge in [-0.1, -0.05) is 13.3 Å². The second-order valence-corrected chi connectivity index (χ2v) is 9.00. The number of rotatable bonds is 4. The second-order valence-electron chi connectivity index (χ2n) is 4.68. The van der Waals surface area contributed by atoms with Crippen LogP contribution in [0.3, 0.4) is 0 Å². The van der Waals surface area contributed by atoms with E-state index in [1.807, 2.05) is 6.92 Å².